The molecular formula is C17H20N2OS. The maximum absolute atomic E-state index is 12.4. The number of amides is 1. The van der Waals surface area contributed by atoms with Crippen molar-refractivity contribution in [1.82, 2.24) is 9.88 Å². The molecule has 1 aromatic carbocycles. The molecule has 21 heavy (non-hydrogen) atoms. The molecule has 0 radical (unpaired) electrons. The molecule has 0 spiro atoms. The van der Waals surface area contributed by atoms with E-state index in [2.05, 4.69) is 35.3 Å². The molecule has 0 saturated carbocycles. The zero-order chi connectivity index (χ0) is 14.7. The van der Waals surface area contributed by atoms with E-state index in [0.29, 0.717) is 11.6 Å². The number of carbonyl (C=O) groups excluding carboxylic acids is 1. The number of likely N-dealkylation sites (tertiary alicyclic amines) is 1. The normalized spacial score (nSPS) is 16.1. The Balaban J connectivity index is 1.56. The zero-order valence-electron chi connectivity index (χ0n) is 12.3. The molecule has 0 atom stereocenters. The first kappa shape index (κ1) is 14.3. The smallest absolute Gasteiger partial charge is 0.273 e. The van der Waals surface area contributed by atoms with Crippen molar-refractivity contribution in [2.24, 2.45) is 5.92 Å². The van der Waals surface area contributed by atoms with Crippen molar-refractivity contribution in [3.05, 3.63) is 52.0 Å². The molecule has 1 aliphatic heterocycles. The van der Waals surface area contributed by atoms with Crippen molar-refractivity contribution >= 4 is 17.2 Å². The predicted octanol–water partition coefficient (Wildman–Crippen LogP) is 3.55. The van der Waals surface area contributed by atoms with Crippen LogP contribution in [0.2, 0.25) is 0 Å². The van der Waals surface area contributed by atoms with Gasteiger partial charge in [-0.3, -0.25) is 4.79 Å². The van der Waals surface area contributed by atoms with E-state index in [-0.39, 0.29) is 5.91 Å². The molecule has 0 N–H and O–H groups in total. The lowest BCUT2D eigenvalue weighted by atomic mass is 9.90. The Morgan fingerprint density at radius 2 is 2.00 bits per heavy atom. The van der Waals surface area contributed by atoms with Crippen LogP contribution in [0.3, 0.4) is 0 Å². The fourth-order valence-electron chi connectivity index (χ4n) is 2.95. The summed E-state index contributed by atoms with van der Waals surface area (Å²) in [5, 5.41) is 0. The van der Waals surface area contributed by atoms with Crippen LogP contribution in [0, 0.1) is 12.8 Å². The third kappa shape index (κ3) is 3.32. The first-order chi connectivity index (χ1) is 10.2. The third-order valence-corrected chi connectivity index (χ3v) is 4.97. The third-order valence-electron chi connectivity index (χ3n) is 4.22. The number of carbonyl (C=O) groups is 1. The molecule has 110 valence electrons. The number of nitrogens with zero attached hydrogens (tertiary/aromatic N) is 2. The van der Waals surface area contributed by atoms with E-state index in [4.69, 9.17) is 0 Å². The van der Waals surface area contributed by atoms with Crippen LogP contribution >= 0.6 is 11.3 Å². The maximum atomic E-state index is 12.4. The lowest BCUT2D eigenvalue weighted by Gasteiger charge is -2.31. The van der Waals surface area contributed by atoms with Gasteiger partial charge in [0.25, 0.3) is 5.91 Å². The highest BCUT2D eigenvalue weighted by Gasteiger charge is 2.25. The maximum Gasteiger partial charge on any atom is 0.273 e. The Hall–Kier alpha value is -1.68. The predicted molar refractivity (Wildman–Crippen MR) is 85.6 cm³/mol. The SMILES string of the molecule is Cc1scnc1C(=O)N1CCC(Cc2ccccc2)CC1. The summed E-state index contributed by atoms with van der Waals surface area (Å²) in [7, 11) is 0. The number of rotatable bonds is 3. The minimum atomic E-state index is 0.104. The summed E-state index contributed by atoms with van der Waals surface area (Å²) in [6.45, 7) is 3.67. The van der Waals surface area contributed by atoms with Crippen molar-refractivity contribution < 1.29 is 4.79 Å². The first-order valence-corrected chi connectivity index (χ1v) is 8.35. The molecule has 1 fully saturated rings. The molecule has 0 unspecified atom stereocenters. The molecule has 2 heterocycles. The van der Waals surface area contributed by atoms with E-state index in [1.54, 1.807) is 16.8 Å². The quantitative estimate of drug-likeness (QED) is 0.868. The van der Waals surface area contributed by atoms with Gasteiger partial charge in [0, 0.05) is 18.0 Å². The minimum absolute atomic E-state index is 0.104. The molecule has 1 amide bonds. The molecule has 0 bridgehead atoms. The number of aryl methyl sites for hydroxylation is 1. The minimum Gasteiger partial charge on any atom is -0.337 e. The summed E-state index contributed by atoms with van der Waals surface area (Å²) in [5.74, 6) is 0.792. The number of piperidine rings is 1. The van der Waals surface area contributed by atoms with Crippen LogP contribution in [0.5, 0.6) is 0 Å². The van der Waals surface area contributed by atoms with Crippen LogP contribution in [0.15, 0.2) is 35.8 Å². The van der Waals surface area contributed by atoms with Crippen molar-refractivity contribution in [3.63, 3.8) is 0 Å². The molecule has 3 nitrogen and oxygen atoms in total. The number of thiazole rings is 1. The molecule has 1 aromatic heterocycles. The van der Waals surface area contributed by atoms with Crippen LogP contribution in [0.4, 0.5) is 0 Å². The van der Waals surface area contributed by atoms with E-state index >= 15 is 0 Å². The number of hydrogen-bond donors (Lipinski definition) is 0. The van der Waals surface area contributed by atoms with E-state index in [1.807, 2.05) is 11.8 Å². The van der Waals surface area contributed by atoms with Crippen LogP contribution in [-0.4, -0.2) is 28.9 Å². The molecular weight excluding hydrogens is 280 g/mol. The molecule has 3 rings (SSSR count). The van der Waals surface area contributed by atoms with Gasteiger partial charge < -0.3 is 4.90 Å². The van der Waals surface area contributed by atoms with Gasteiger partial charge in [-0.05, 0) is 37.7 Å². The summed E-state index contributed by atoms with van der Waals surface area (Å²) in [6.07, 6.45) is 3.30. The molecule has 4 heteroatoms. The molecule has 1 aliphatic rings. The van der Waals surface area contributed by atoms with Crippen LogP contribution in [-0.2, 0) is 6.42 Å². The van der Waals surface area contributed by atoms with Gasteiger partial charge in [-0.2, -0.15) is 0 Å². The van der Waals surface area contributed by atoms with E-state index < -0.39 is 0 Å². The second-order valence-corrected chi connectivity index (χ2v) is 6.74. The zero-order valence-corrected chi connectivity index (χ0v) is 13.1. The average molecular weight is 300 g/mol. The van der Waals surface area contributed by atoms with Crippen LogP contribution < -0.4 is 0 Å². The van der Waals surface area contributed by atoms with Gasteiger partial charge >= 0.3 is 0 Å². The van der Waals surface area contributed by atoms with Crippen molar-refractivity contribution in [3.8, 4) is 0 Å². The summed E-state index contributed by atoms with van der Waals surface area (Å²) in [5.41, 5.74) is 3.80. The van der Waals surface area contributed by atoms with Crippen LogP contribution in [0.25, 0.3) is 0 Å². The highest BCUT2D eigenvalue weighted by molar-refractivity contribution is 7.09. The summed E-state index contributed by atoms with van der Waals surface area (Å²) in [6, 6.07) is 10.6. The van der Waals surface area contributed by atoms with E-state index in [1.165, 1.54) is 5.56 Å². The monoisotopic (exact) mass is 300 g/mol. The van der Waals surface area contributed by atoms with Gasteiger partial charge in [0.15, 0.2) is 0 Å². The Kier molecular flexibility index (Phi) is 4.34. The van der Waals surface area contributed by atoms with Crippen LogP contribution in [0.1, 0.15) is 33.8 Å². The fraction of sp³-hybridized carbons (Fsp3) is 0.412. The Morgan fingerprint density at radius 3 is 2.62 bits per heavy atom. The van der Waals surface area contributed by atoms with Gasteiger partial charge in [0.05, 0.1) is 5.51 Å². The second-order valence-electron chi connectivity index (χ2n) is 5.68. The summed E-state index contributed by atoms with van der Waals surface area (Å²) >= 11 is 1.54. The topological polar surface area (TPSA) is 33.2 Å². The Labute approximate surface area is 129 Å². The lowest BCUT2D eigenvalue weighted by Crippen LogP contribution is -2.39. The van der Waals surface area contributed by atoms with Gasteiger partial charge in [0.1, 0.15) is 5.69 Å². The standard InChI is InChI=1S/C17H20N2OS/c1-13-16(18-12-21-13)17(20)19-9-7-15(8-10-19)11-14-5-3-2-4-6-14/h2-6,12,15H,7-11H2,1H3. The van der Waals surface area contributed by atoms with Crippen molar-refractivity contribution in [2.75, 3.05) is 13.1 Å². The Bertz CT molecular complexity index is 600. The van der Waals surface area contributed by atoms with Gasteiger partial charge in [-0.1, -0.05) is 30.3 Å². The molecule has 2 aromatic rings. The van der Waals surface area contributed by atoms with E-state index in [9.17, 15) is 4.79 Å². The number of hydrogen-bond acceptors (Lipinski definition) is 3. The van der Waals surface area contributed by atoms with E-state index in [0.717, 1.165) is 37.2 Å². The average Bonchev–Trinajstić information content (AvgIpc) is 2.94. The number of benzene rings is 1. The molecule has 1 saturated heterocycles. The lowest BCUT2D eigenvalue weighted by molar-refractivity contribution is 0.0684. The largest absolute Gasteiger partial charge is 0.337 e. The van der Waals surface area contributed by atoms with Gasteiger partial charge in [-0.25, -0.2) is 4.98 Å². The van der Waals surface area contributed by atoms with Gasteiger partial charge in [-0.15, -0.1) is 11.3 Å². The van der Waals surface area contributed by atoms with Gasteiger partial charge in [0.2, 0.25) is 0 Å². The number of aromatic nitrogens is 1. The first-order valence-electron chi connectivity index (χ1n) is 7.47. The summed E-state index contributed by atoms with van der Waals surface area (Å²) < 4.78 is 0. The van der Waals surface area contributed by atoms with Crippen molar-refractivity contribution in [2.45, 2.75) is 26.2 Å². The summed E-state index contributed by atoms with van der Waals surface area (Å²) in [4.78, 5) is 19.6. The van der Waals surface area contributed by atoms with Crippen molar-refractivity contribution in [1.29, 1.82) is 0 Å². The highest BCUT2D eigenvalue weighted by atomic mass is 32.1. The fourth-order valence-corrected chi connectivity index (χ4v) is 3.52. The highest BCUT2D eigenvalue weighted by Crippen LogP contribution is 2.23. The second kappa shape index (κ2) is 6.39. The Morgan fingerprint density at radius 1 is 1.29 bits per heavy atom. The molecule has 0 aliphatic carbocycles.